The zero-order valence-corrected chi connectivity index (χ0v) is 15.8. The molecule has 1 aliphatic rings. The molecule has 0 N–H and O–H groups in total. The summed E-state index contributed by atoms with van der Waals surface area (Å²) in [6.07, 6.45) is 1.82. The van der Waals surface area contributed by atoms with Gasteiger partial charge in [-0.05, 0) is 42.7 Å². The van der Waals surface area contributed by atoms with Crippen LogP contribution in [-0.2, 0) is 0 Å². The minimum atomic E-state index is 0.942. The lowest BCUT2D eigenvalue weighted by atomic mass is 10.1. The molecule has 0 aromatic heterocycles. The van der Waals surface area contributed by atoms with E-state index in [2.05, 4.69) is 102 Å². The van der Waals surface area contributed by atoms with Crippen LogP contribution < -0.4 is 4.90 Å². The van der Waals surface area contributed by atoms with Gasteiger partial charge < -0.3 is 4.90 Å². The number of fused-ring (bicyclic) bond motifs is 3. The molecule has 1 aliphatic carbocycles. The first-order valence-corrected chi connectivity index (χ1v) is 9.47. The SMILES string of the molecule is CCN(CC)c1ccc(/C=N/N=C2c3ccccc3-c3ccccc32)cc1. The largest absolute Gasteiger partial charge is 0.372 e. The number of benzene rings is 3. The Bertz CT molecular complexity index is 949. The van der Waals surface area contributed by atoms with Gasteiger partial charge in [0, 0.05) is 29.9 Å². The van der Waals surface area contributed by atoms with E-state index >= 15 is 0 Å². The number of anilines is 1. The molecular weight excluding hydrogens is 330 g/mol. The van der Waals surface area contributed by atoms with Gasteiger partial charge >= 0.3 is 0 Å². The van der Waals surface area contributed by atoms with E-state index in [4.69, 9.17) is 0 Å². The van der Waals surface area contributed by atoms with Crippen molar-refractivity contribution >= 4 is 17.6 Å². The van der Waals surface area contributed by atoms with Gasteiger partial charge in [0.25, 0.3) is 0 Å². The second-order valence-electron chi connectivity index (χ2n) is 6.55. The minimum Gasteiger partial charge on any atom is -0.372 e. The second kappa shape index (κ2) is 7.58. The molecule has 3 aromatic rings. The van der Waals surface area contributed by atoms with Crippen LogP contribution in [0.25, 0.3) is 11.1 Å². The molecule has 0 fully saturated rings. The van der Waals surface area contributed by atoms with Gasteiger partial charge in [0.1, 0.15) is 5.71 Å². The summed E-state index contributed by atoms with van der Waals surface area (Å²) in [5.74, 6) is 0. The lowest BCUT2D eigenvalue weighted by Gasteiger charge is -2.20. The minimum absolute atomic E-state index is 0.942. The Balaban J connectivity index is 1.61. The molecule has 0 amide bonds. The van der Waals surface area contributed by atoms with Crippen LogP contribution in [0, 0.1) is 0 Å². The van der Waals surface area contributed by atoms with Crippen LogP contribution in [0.1, 0.15) is 30.5 Å². The summed E-state index contributed by atoms with van der Waals surface area (Å²) < 4.78 is 0. The van der Waals surface area contributed by atoms with Gasteiger partial charge in [-0.15, -0.1) is 5.10 Å². The molecule has 0 bridgehead atoms. The fraction of sp³-hybridized carbons (Fsp3) is 0.167. The molecule has 27 heavy (non-hydrogen) atoms. The average Bonchev–Trinajstić information content (AvgIpc) is 3.04. The van der Waals surface area contributed by atoms with Gasteiger partial charge in [0.05, 0.1) is 6.21 Å². The van der Waals surface area contributed by atoms with Gasteiger partial charge in [0.2, 0.25) is 0 Å². The molecule has 0 atom stereocenters. The lowest BCUT2D eigenvalue weighted by Crippen LogP contribution is -2.21. The Hall–Kier alpha value is -3.20. The van der Waals surface area contributed by atoms with Crippen LogP contribution >= 0.6 is 0 Å². The van der Waals surface area contributed by atoms with Crippen LogP contribution in [0.4, 0.5) is 5.69 Å². The first kappa shape index (κ1) is 17.2. The topological polar surface area (TPSA) is 28.0 Å². The van der Waals surface area contributed by atoms with Crippen molar-refractivity contribution in [2.45, 2.75) is 13.8 Å². The molecule has 0 aliphatic heterocycles. The molecule has 4 rings (SSSR count). The normalized spacial score (nSPS) is 12.1. The van der Waals surface area contributed by atoms with E-state index in [0.717, 1.165) is 35.5 Å². The third kappa shape index (κ3) is 3.28. The van der Waals surface area contributed by atoms with Crippen molar-refractivity contribution in [1.29, 1.82) is 0 Å². The van der Waals surface area contributed by atoms with Crippen LogP contribution in [0.2, 0.25) is 0 Å². The molecule has 0 radical (unpaired) electrons. The summed E-state index contributed by atoms with van der Waals surface area (Å²) in [7, 11) is 0. The standard InChI is InChI=1S/C24H23N3/c1-3-27(4-2)19-15-13-18(14-16-19)17-25-26-24-22-11-7-5-9-20(22)21-10-6-8-12-23(21)24/h5-17H,3-4H2,1-2H3/b25-17+. The van der Waals surface area contributed by atoms with Gasteiger partial charge in [-0.3, -0.25) is 0 Å². The molecule has 0 heterocycles. The van der Waals surface area contributed by atoms with Crippen LogP contribution in [0.3, 0.4) is 0 Å². The van der Waals surface area contributed by atoms with Crippen LogP contribution in [0.15, 0.2) is 83.0 Å². The van der Waals surface area contributed by atoms with E-state index in [1.807, 2.05) is 6.21 Å². The smallest absolute Gasteiger partial charge is 0.101 e. The Morgan fingerprint density at radius 3 is 1.74 bits per heavy atom. The summed E-state index contributed by atoms with van der Waals surface area (Å²) >= 11 is 0. The monoisotopic (exact) mass is 353 g/mol. The van der Waals surface area contributed by atoms with Crippen molar-refractivity contribution in [3.8, 4) is 11.1 Å². The Labute approximate surface area is 160 Å². The van der Waals surface area contributed by atoms with Crippen molar-refractivity contribution in [2.75, 3.05) is 18.0 Å². The number of nitrogens with zero attached hydrogens (tertiary/aromatic N) is 3. The molecule has 0 spiro atoms. The Morgan fingerprint density at radius 1 is 0.704 bits per heavy atom. The highest BCUT2D eigenvalue weighted by Crippen LogP contribution is 2.36. The first-order valence-electron chi connectivity index (χ1n) is 9.47. The van der Waals surface area contributed by atoms with E-state index in [0.29, 0.717) is 0 Å². The van der Waals surface area contributed by atoms with E-state index < -0.39 is 0 Å². The predicted molar refractivity (Wildman–Crippen MR) is 115 cm³/mol. The molecule has 3 aromatic carbocycles. The summed E-state index contributed by atoms with van der Waals surface area (Å²) in [6.45, 7) is 6.37. The zero-order valence-electron chi connectivity index (χ0n) is 15.8. The maximum absolute atomic E-state index is 4.57. The number of hydrogen-bond donors (Lipinski definition) is 0. The molecule has 3 heteroatoms. The van der Waals surface area contributed by atoms with E-state index in [-0.39, 0.29) is 0 Å². The Morgan fingerprint density at radius 2 is 1.22 bits per heavy atom. The highest BCUT2D eigenvalue weighted by molar-refractivity contribution is 6.24. The average molecular weight is 353 g/mol. The van der Waals surface area contributed by atoms with Crippen molar-refractivity contribution < 1.29 is 0 Å². The third-order valence-corrected chi connectivity index (χ3v) is 5.04. The number of rotatable bonds is 5. The van der Waals surface area contributed by atoms with Gasteiger partial charge in [-0.25, -0.2) is 0 Å². The van der Waals surface area contributed by atoms with Crippen molar-refractivity contribution in [1.82, 2.24) is 0 Å². The molecule has 0 saturated carbocycles. The highest BCUT2D eigenvalue weighted by Gasteiger charge is 2.23. The summed E-state index contributed by atoms with van der Waals surface area (Å²) in [6, 6.07) is 25.2. The van der Waals surface area contributed by atoms with E-state index in [1.54, 1.807) is 0 Å². The third-order valence-electron chi connectivity index (χ3n) is 5.04. The van der Waals surface area contributed by atoms with Crippen molar-refractivity contribution in [3.05, 3.63) is 89.5 Å². The van der Waals surface area contributed by atoms with Crippen LogP contribution in [-0.4, -0.2) is 25.0 Å². The molecule has 0 unspecified atom stereocenters. The summed E-state index contributed by atoms with van der Waals surface area (Å²) in [5.41, 5.74) is 7.98. The highest BCUT2D eigenvalue weighted by atomic mass is 15.2. The van der Waals surface area contributed by atoms with Gasteiger partial charge in [0.15, 0.2) is 0 Å². The quantitative estimate of drug-likeness (QED) is 0.349. The Kier molecular flexibility index (Phi) is 4.84. The van der Waals surface area contributed by atoms with Gasteiger partial charge in [-0.2, -0.15) is 5.10 Å². The van der Waals surface area contributed by atoms with Crippen molar-refractivity contribution in [3.63, 3.8) is 0 Å². The maximum atomic E-state index is 4.57. The fourth-order valence-electron chi connectivity index (χ4n) is 3.62. The fourth-order valence-corrected chi connectivity index (χ4v) is 3.62. The molecular formula is C24H23N3. The predicted octanol–water partition coefficient (Wildman–Crippen LogP) is 5.38. The first-order chi connectivity index (χ1) is 13.3. The lowest BCUT2D eigenvalue weighted by molar-refractivity contribution is 0.866. The summed E-state index contributed by atoms with van der Waals surface area (Å²) in [4.78, 5) is 2.33. The molecule has 3 nitrogen and oxygen atoms in total. The zero-order chi connectivity index (χ0) is 18.6. The van der Waals surface area contributed by atoms with E-state index in [1.165, 1.54) is 16.8 Å². The maximum Gasteiger partial charge on any atom is 0.101 e. The summed E-state index contributed by atoms with van der Waals surface area (Å²) in [5, 5.41) is 8.95. The van der Waals surface area contributed by atoms with E-state index in [9.17, 15) is 0 Å². The molecule has 0 saturated heterocycles. The second-order valence-corrected chi connectivity index (χ2v) is 6.55. The van der Waals surface area contributed by atoms with Gasteiger partial charge in [-0.1, -0.05) is 60.7 Å². The number of hydrogen-bond acceptors (Lipinski definition) is 3. The van der Waals surface area contributed by atoms with Crippen molar-refractivity contribution in [2.24, 2.45) is 10.2 Å². The van der Waals surface area contributed by atoms with Crippen LogP contribution in [0.5, 0.6) is 0 Å². The molecule has 134 valence electrons.